The average molecular weight is 458 g/mol. The summed E-state index contributed by atoms with van der Waals surface area (Å²) in [7, 11) is 0. The van der Waals surface area contributed by atoms with Gasteiger partial charge in [-0.1, -0.05) is 24.3 Å². The van der Waals surface area contributed by atoms with E-state index in [-0.39, 0.29) is 11.4 Å². The fourth-order valence-electron chi connectivity index (χ4n) is 3.36. The first-order chi connectivity index (χ1) is 15.9. The number of furan rings is 1. The number of carbonyl (C=O) groups is 3. The van der Waals surface area contributed by atoms with Crippen LogP contribution < -0.4 is 5.32 Å². The predicted octanol–water partition coefficient (Wildman–Crippen LogP) is 5.11. The largest absolute Gasteiger partial charge is 0.457 e. The number of carbonyl (C=O) groups excluding carboxylic acids is 3. The summed E-state index contributed by atoms with van der Waals surface area (Å²) in [4.78, 5) is 38.7. The summed E-state index contributed by atoms with van der Waals surface area (Å²) in [6.45, 7) is 3.44. The molecule has 3 aromatic rings. The zero-order valence-electron chi connectivity index (χ0n) is 17.9. The number of benzene rings is 2. The van der Waals surface area contributed by atoms with Crippen molar-refractivity contribution in [2.24, 2.45) is 0 Å². The second-order valence-electron chi connectivity index (χ2n) is 7.42. The van der Waals surface area contributed by atoms with Crippen LogP contribution in [0.3, 0.4) is 0 Å². The number of rotatable bonds is 5. The summed E-state index contributed by atoms with van der Waals surface area (Å²) >= 11 is 0.749. The van der Waals surface area contributed by atoms with Crippen LogP contribution in [0.5, 0.6) is 0 Å². The summed E-state index contributed by atoms with van der Waals surface area (Å²) in [5, 5.41) is 11.5. The lowest BCUT2D eigenvalue weighted by atomic mass is 10.1. The molecule has 0 aliphatic carbocycles. The number of hydrogen-bond acceptors (Lipinski definition) is 6. The van der Waals surface area contributed by atoms with Crippen LogP contribution in [0.25, 0.3) is 17.4 Å². The van der Waals surface area contributed by atoms with Crippen molar-refractivity contribution in [1.82, 2.24) is 4.90 Å². The van der Waals surface area contributed by atoms with E-state index >= 15 is 0 Å². The topological polar surface area (TPSA) is 103 Å². The van der Waals surface area contributed by atoms with Gasteiger partial charge in [0.1, 0.15) is 18.1 Å². The Morgan fingerprint density at radius 2 is 1.91 bits per heavy atom. The van der Waals surface area contributed by atoms with E-state index in [1.54, 1.807) is 42.5 Å². The van der Waals surface area contributed by atoms with Gasteiger partial charge in [-0.3, -0.25) is 19.3 Å². The van der Waals surface area contributed by atoms with Gasteiger partial charge in [-0.15, -0.1) is 0 Å². The second kappa shape index (κ2) is 9.18. The molecule has 0 atom stereocenters. The normalized spacial score (nSPS) is 14.6. The molecule has 1 N–H and O–H groups in total. The number of hydrogen-bond donors (Lipinski definition) is 1. The third-order valence-corrected chi connectivity index (χ3v) is 6.17. The minimum Gasteiger partial charge on any atom is -0.457 e. The standard InChI is InChI=1S/C25H19N3O4S/c1-15-6-5-9-20(16(15)2)27-23(29)14-28-24(30)22(33-25(28)31)12-18-10-11-21(32-18)19-8-4-3-7-17(19)13-26/h3-12H,14H2,1-2H3,(H,27,29)/b22-12+. The molecule has 2 heterocycles. The first-order valence-electron chi connectivity index (χ1n) is 10.1. The Bertz CT molecular complexity index is 1350. The molecule has 33 heavy (non-hydrogen) atoms. The van der Waals surface area contributed by atoms with Gasteiger partial charge < -0.3 is 9.73 Å². The summed E-state index contributed by atoms with van der Waals surface area (Å²) < 4.78 is 5.78. The third kappa shape index (κ3) is 4.59. The van der Waals surface area contributed by atoms with Crippen molar-refractivity contribution in [1.29, 1.82) is 5.26 Å². The van der Waals surface area contributed by atoms with E-state index in [1.165, 1.54) is 6.08 Å². The molecule has 7 nitrogen and oxygen atoms in total. The van der Waals surface area contributed by atoms with Crippen molar-refractivity contribution >= 4 is 40.6 Å². The van der Waals surface area contributed by atoms with Crippen LogP contribution in [0.2, 0.25) is 0 Å². The SMILES string of the molecule is Cc1cccc(NC(=O)CN2C(=O)S/C(=C/c3ccc(-c4ccccc4C#N)o3)C2=O)c1C. The Labute approximate surface area is 194 Å². The Morgan fingerprint density at radius 1 is 1.12 bits per heavy atom. The van der Waals surface area contributed by atoms with Gasteiger partial charge in [0.05, 0.1) is 16.5 Å². The molecule has 0 saturated carbocycles. The van der Waals surface area contributed by atoms with Crippen molar-refractivity contribution in [2.75, 3.05) is 11.9 Å². The van der Waals surface area contributed by atoms with Crippen molar-refractivity contribution in [2.45, 2.75) is 13.8 Å². The van der Waals surface area contributed by atoms with Crippen LogP contribution in [-0.2, 0) is 9.59 Å². The van der Waals surface area contributed by atoms with E-state index in [4.69, 9.17) is 4.42 Å². The molecular weight excluding hydrogens is 438 g/mol. The zero-order valence-corrected chi connectivity index (χ0v) is 18.7. The van der Waals surface area contributed by atoms with Gasteiger partial charge in [-0.2, -0.15) is 5.26 Å². The number of nitrogens with one attached hydrogen (secondary N) is 1. The highest BCUT2D eigenvalue weighted by Gasteiger charge is 2.36. The number of amides is 3. The van der Waals surface area contributed by atoms with Crippen LogP contribution in [0.15, 0.2) is 63.9 Å². The molecule has 0 bridgehead atoms. The molecule has 0 unspecified atom stereocenters. The van der Waals surface area contributed by atoms with Crippen molar-refractivity contribution in [3.05, 3.63) is 82.0 Å². The van der Waals surface area contributed by atoms with E-state index in [1.807, 2.05) is 26.0 Å². The van der Waals surface area contributed by atoms with Crippen molar-refractivity contribution in [3.63, 3.8) is 0 Å². The first kappa shape index (κ1) is 22.1. The van der Waals surface area contributed by atoms with Crippen LogP contribution in [0, 0.1) is 25.2 Å². The molecule has 0 spiro atoms. The van der Waals surface area contributed by atoms with Gasteiger partial charge in [0, 0.05) is 17.3 Å². The number of nitriles is 1. The Hall–Kier alpha value is -4.09. The molecule has 8 heteroatoms. The minimum atomic E-state index is -0.559. The van der Waals surface area contributed by atoms with Gasteiger partial charge in [0.2, 0.25) is 5.91 Å². The number of imide groups is 1. The maximum Gasteiger partial charge on any atom is 0.294 e. The van der Waals surface area contributed by atoms with Gasteiger partial charge >= 0.3 is 0 Å². The van der Waals surface area contributed by atoms with Crippen LogP contribution in [0.1, 0.15) is 22.5 Å². The Kier molecular flexibility index (Phi) is 6.16. The van der Waals surface area contributed by atoms with Crippen LogP contribution >= 0.6 is 11.8 Å². The molecule has 1 aliphatic rings. The smallest absolute Gasteiger partial charge is 0.294 e. The van der Waals surface area contributed by atoms with Gasteiger partial charge in [-0.05, 0) is 67.1 Å². The lowest BCUT2D eigenvalue weighted by Crippen LogP contribution is -2.36. The van der Waals surface area contributed by atoms with Gasteiger partial charge in [0.25, 0.3) is 11.1 Å². The fraction of sp³-hybridized carbons (Fsp3) is 0.120. The molecule has 164 valence electrons. The van der Waals surface area contributed by atoms with Crippen LogP contribution in [0.4, 0.5) is 10.5 Å². The highest BCUT2D eigenvalue weighted by Crippen LogP contribution is 2.33. The van der Waals surface area contributed by atoms with Crippen molar-refractivity contribution in [3.8, 4) is 17.4 Å². The van der Waals surface area contributed by atoms with E-state index in [0.717, 1.165) is 27.8 Å². The fourth-order valence-corrected chi connectivity index (χ4v) is 4.17. The lowest BCUT2D eigenvalue weighted by Gasteiger charge is -2.14. The predicted molar refractivity (Wildman–Crippen MR) is 126 cm³/mol. The van der Waals surface area contributed by atoms with E-state index in [0.29, 0.717) is 28.3 Å². The molecule has 3 amide bonds. The summed E-state index contributed by atoms with van der Waals surface area (Å²) in [5.41, 5.74) is 3.69. The third-order valence-electron chi connectivity index (χ3n) is 5.27. The monoisotopic (exact) mass is 457 g/mol. The minimum absolute atomic E-state index is 0.161. The maximum atomic E-state index is 12.8. The molecule has 4 rings (SSSR count). The Balaban J connectivity index is 1.48. The second-order valence-corrected chi connectivity index (χ2v) is 8.42. The summed E-state index contributed by atoms with van der Waals surface area (Å²) in [6, 6.07) is 18.0. The lowest BCUT2D eigenvalue weighted by molar-refractivity contribution is -0.127. The average Bonchev–Trinajstić information content (AvgIpc) is 3.37. The number of anilines is 1. The molecule has 1 aromatic heterocycles. The molecule has 1 aliphatic heterocycles. The van der Waals surface area contributed by atoms with E-state index < -0.39 is 17.1 Å². The summed E-state index contributed by atoms with van der Waals surface area (Å²) in [6.07, 6.45) is 1.46. The molecule has 0 radical (unpaired) electrons. The van der Waals surface area contributed by atoms with Crippen molar-refractivity contribution < 1.29 is 18.8 Å². The number of aryl methyl sites for hydroxylation is 1. The molecule has 1 saturated heterocycles. The summed E-state index contributed by atoms with van der Waals surface area (Å²) in [5.74, 6) is -0.175. The molecule has 2 aromatic carbocycles. The first-order valence-corrected chi connectivity index (χ1v) is 10.9. The van der Waals surface area contributed by atoms with Gasteiger partial charge in [0.15, 0.2) is 0 Å². The molecular formula is C25H19N3O4S. The van der Waals surface area contributed by atoms with E-state index in [9.17, 15) is 19.6 Å². The number of thioether (sulfide) groups is 1. The highest BCUT2D eigenvalue weighted by atomic mass is 32.2. The Morgan fingerprint density at radius 3 is 2.70 bits per heavy atom. The maximum absolute atomic E-state index is 12.8. The highest BCUT2D eigenvalue weighted by molar-refractivity contribution is 8.18. The zero-order chi connectivity index (χ0) is 23.5. The molecule has 1 fully saturated rings. The van der Waals surface area contributed by atoms with Gasteiger partial charge in [-0.25, -0.2) is 0 Å². The van der Waals surface area contributed by atoms with Crippen LogP contribution in [-0.4, -0.2) is 28.5 Å². The quantitative estimate of drug-likeness (QED) is 0.534. The number of nitrogens with zero attached hydrogens (tertiary/aromatic N) is 2. The van der Waals surface area contributed by atoms with E-state index in [2.05, 4.69) is 11.4 Å².